The van der Waals surface area contributed by atoms with Gasteiger partial charge in [-0.3, -0.25) is 9.69 Å². The van der Waals surface area contributed by atoms with Crippen LogP contribution in [0, 0.1) is 11.3 Å². The number of likely N-dealkylation sites (tertiary alicyclic amines) is 1. The van der Waals surface area contributed by atoms with E-state index in [1.165, 1.54) is 19.3 Å². The van der Waals surface area contributed by atoms with Crippen LogP contribution >= 0.6 is 24.8 Å². The second kappa shape index (κ2) is 11.6. The van der Waals surface area contributed by atoms with Gasteiger partial charge in [0.25, 0.3) is 0 Å². The van der Waals surface area contributed by atoms with Gasteiger partial charge in [-0.05, 0) is 52.0 Å². The van der Waals surface area contributed by atoms with E-state index < -0.39 is 5.41 Å². The fourth-order valence-electron chi connectivity index (χ4n) is 3.50. The van der Waals surface area contributed by atoms with Gasteiger partial charge in [0, 0.05) is 25.2 Å². The smallest absolute Gasteiger partial charge is 0.227 e. The van der Waals surface area contributed by atoms with Crippen LogP contribution in [-0.2, 0) is 4.79 Å². The minimum absolute atomic E-state index is 0. The Morgan fingerprint density at radius 2 is 1.79 bits per heavy atom. The van der Waals surface area contributed by atoms with Crippen molar-refractivity contribution in [3.05, 3.63) is 0 Å². The van der Waals surface area contributed by atoms with Crippen molar-refractivity contribution in [2.24, 2.45) is 17.1 Å². The van der Waals surface area contributed by atoms with Crippen molar-refractivity contribution in [2.45, 2.75) is 72.3 Å². The summed E-state index contributed by atoms with van der Waals surface area (Å²) in [5.74, 6) is 0.926. The Labute approximate surface area is 161 Å². The summed E-state index contributed by atoms with van der Waals surface area (Å²) in [7, 11) is 0. The van der Waals surface area contributed by atoms with E-state index in [0.29, 0.717) is 13.1 Å². The number of carbonyl (C=O) groups excluding carboxylic acids is 1. The second-order valence-corrected chi connectivity index (χ2v) is 7.55. The summed E-state index contributed by atoms with van der Waals surface area (Å²) in [6.45, 7) is 14.3. The molecule has 1 aliphatic heterocycles. The molecule has 1 rings (SSSR count). The van der Waals surface area contributed by atoms with Gasteiger partial charge in [-0.25, -0.2) is 0 Å². The van der Waals surface area contributed by atoms with Gasteiger partial charge in [0.1, 0.15) is 0 Å². The lowest BCUT2D eigenvalue weighted by Gasteiger charge is -2.44. The number of piperidine rings is 1. The molecule has 1 heterocycles. The predicted molar refractivity (Wildman–Crippen MR) is 108 cm³/mol. The maximum atomic E-state index is 12.6. The summed E-state index contributed by atoms with van der Waals surface area (Å²) in [6.07, 6.45) is 5.46. The number of nitrogens with two attached hydrogens (primary N) is 1. The van der Waals surface area contributed by atoms with Crippen LogP contribution in [0.5, 0.6) is 0 Å². The molecule has 0 aromatic rings. The highest BCUT2D eigenvalue weighted by atomic mass is 35.5. The van der Waals surface area contributed by atoms with E-state index in [2.05, 4.69) is 44.8 Å². The van der Waals surface area contributed by atoms with Crippen LogP contribution in [0.2, 0.25) is 0 Å². The first-order valence-corrected chi connectivity index (χ1v) is 9.08. The van der Waals surface area contributed by atoms with E-state index in [-0.39, 0.29) is 36.3 Å². The highest BCUT2D eigenvalue weighted by Gasteiger charge is 2.36. The number of carbonyl (C=O) groups is 1. The van der Waals surface area contributed by atoms with Crippen LogP contribution in [0.1, 0.15) is 66.7 Å². The van der Waals surface area contributed by atoms with Gasteiger partial charge in [-0.2, -0.15) is 0 Å². The first-order valence-electron chi connectivity index (χ1n) is 9.08. The molecule has 0 aliphatic carbocycles. The monoisotopic (exact) mass is 383 g/mol. The number of hydrogen-bond donors (Lipinski definition) is 2. The Bertz CT molecular complexity index is 352. The fourth-order valence-corrected chi connectivity index (χ4v) is 3.50. The number of halogens is 2. The number of nitrogens with zero attached hydrogens (tertiary/aromatic N) is 1. The van der Waals surface area contributed by atoms with Crippen molar-refractivity contribution in [1.29, 1.82) is 0 Å². The molecule has 0 bridgehead atoms. The summed E-state index contributed by atoms with van der Waals surface area (Å²) in [6, 6.07) is 0. The number of nitrogens with one attached hydrogen (secondary N) is 1. The van der Waals surface area contributed by atoms with Crippen molar-refractivity contribution in [2.75, 3.05) is 26.2 Å². The lowest BCUT2D eigenvalue weighted by atomic mass is 9.81. The molecule has 4 nitrogen and oxygen atoms in total. The lowest BCUT2D eigenvalue weighted by molar-refractivity contribution is -0.131. The summed E-state index contributed by atoms with van der Waals surface area (Å²) in [5, 5.41) is 3.19. The molecular weight excluding hydrogens is 345 g/mol. The first kappa shape index (κ1) is 26.2. The van der Waals surface area contributed by atoms with E-state index in [4.69, 9.17) is 5.73 Å². The normalized spacial score (nSPS) is 19.2. The molecule has 1 aliphatic rings. The molecule has 1 saturated heterocycles. The topological polar surface area (TPSA) is 58.4 Å². The summed E-state index contributed by atoms with van der Waals surface area (Å²) in [4.78, 5) is 15.1. The molecule has 1 atom stereocenters. The van der Waals surface area contributed by atoms with E-state index in [1.807, 2.05) is 0 Å². The van der Waals surface area contributed by atoms with E-state index in [1.54, 1.807) is 0 Å². The lowest BCUT2D eigenvalue weighted by Crippen LogP contribution is -2.57. The van der Waals surface area contributed by atoms with Gasteiger partial charge in [0.05, 0.1) is 5.41 Å². The Morgan fingerprint density at radius 1 is 1.21 bits per heavy atom. The maximum absolute atomic E-state index is 12.6. The predicted octanol–water partition coefficient (Wildman–Crippen LogP) is 3.61. The van der Waals surface area contributed by atoms with Crippen molar-refractivity contribution in [3.63, 3.8) is 0 Å². The third-order valence-electron chi connectivity index (χ3n) is 5.86. The van der Waals surface area contributed by atoms with Crippen LogP contribution in [0.25, 0.3) is 0 Å². The quantitative estimate of drug-likeness (QED) is 0.672. The zero-order valence-corrected chi connectivity index (χ0v) is 17.8. The summed E-state index contributed by atoms with van der Waals surface area (Å²) in [5.41, 5.74) is 5.48. The van der Waals surface area contributed by atoms with Gasteiger partial charge in [-0.1, -0.05) is 27.2 Å². The number of amides is 1. The molecule has 1 amide bonds. The zero-order valence-electron chi connectivity index (χ0n) is 16.2. The third kappa shape index (κ3) is 6.36. The average Bonchev–Trinajstić information content (AvgIpc) is 2.55. The fraction of sp³-hybridized carbons (Fsp3) is 0.944. The SMILES string of the molecule is CCC1CCCN(C(C)(C)CNC(=O)C(CC)(CC)CN)C1.Cl.Cl. The Hall–Kier alpha value is -0.0300. The molecule has 146 valence electrons. The van der Waals surface area contributed by atoms with Crippen molar-refractivity contribution < 1.29 is 4.79 Å². The average molecular weight is 384 g/mol. The maximum Gasteiger partial charge on any atom is 0.227 e. The molecule has 6 heteroatoms. The number of rotatable bonds is 8. The Morgan fingerprint density at radius 3 is 2.25 bits per heavy atom. The molecule has 0 spiro atoms. The minimum atomic E-state index is -0.399. The van der Waals surface area contributed by atoms with Crippen LogP contribution < -0.4 is 11.1 Å². The van der Waals surface area contributed by atoms with Gasteiger partial charge in [0.2, 0.25) is 5.91 Å². The van der Waals surface area contributed by atoms with E-state index in [0.717, 1.165) is 31.8 Å². The second-order valence-electron chi connectivity index (χ2n) is 7.55. The van der Waals surface area contributed by atoms with Crippen LogP contribution in [0.15, 0.2) is 0 Å². The summed E-state index contributed by atoms with van der Waals surface area (Å²) < 4.78 is 0. The van der Waals surface area contributed by atoms with E-state index >= 15 is 0 Å². The first-order chi connectivity index (χ1) is 10.3. The van der Waals surface area contributed by atoms with Crippen molar-refractivity contribution in [1.82, 2.24) is 10.2 Å². The van der Waals surface area contributed by atoms with Gasteiger partial charge in [0.15, 0.2) is 0 Å². The molecule has 0 aromatic heterocycles. The van der Waals surface area contributed by atoms with Gasteiger partial charge in [-0.15, -0.1) is 24.8 Å². The molecule has 0 radical (unpaired) electrons. The van der Waals surface area contributed by atoms with Gasteiger partial charge >= 0.3 is 0 Å². The molecule has 0 saturated carbocycles. The van der Waals surface area contributed by atoms with Crippen molar-refractivity contribution >= 4 is 30.7 Å². The summed E-state index contributed by atoms with van der Waals surface area (Å²) >= 11 is 0. The largest absolute Gasteiger partial charge is 0.354 e. The van der Waals surface area contributed by atoms with Crippen molar-refractivity contribution in [3.8, 4) is 0 Å². The van der Waals surface area contributed by atoms with Gasteiger partial charge < -0.3 is 11.1 Å². The molecule has 3 N–H and O–H groups in total. The third-order valence-corrected chi connectivity index (χ3v) is 5.86. The number of hydrogen-bond acceptors (Lipinski definition) is 3. The molecule has 24 heavy (non-hydrogen) atoms. The zero-order chi connectivity index (χ0) is 16.8. The molecule has 1 fully saturated rings. The van der Waals surface area contributed by atoms with Crippen LogP contribution in [-0.4, -0.2) is 42.5 Å². The highest BCUT2D eigenvalue weighted by Crippen LogP contribution is 2.27. The Kier molecular flexibility index (Phi) is 12.6. The van der Waals surface area contributed by atoms with E-state index in [9.17, 15) is 4.79 Å². The van der Waals surface area contributed by atoms with Crippen LogP contribution in [0.4, 0.5) is 0 Å². The molecule has 1 unspecified atom stereocenters. The van der Waals surface area contributed by atoms with Crippen LogP contribution in [0.3, 0.4) is 0 Å². The highest BCUT2D eigenvalue weighted by molar-refractivity contribution is 5.85. The minimum Gasteiger partial charge on any atom is -0.354 e. The molecule has 0 aromatic carbocycles. The standard InChI is InChI=1S/C18H37N3O.2ClH/c1-6-15-10-9-11-21(12-15)17(4,5)14-20-16(22)18(7-2,8-3)13-19;;/h15H,6-14,19H2,1-5H3,(H,20,22);2*1H. The molecular formula is C18H39Cl2N3O. The Balaban J connectivity index is 0.